The molecule has 2 N–H and O–H groups in total. The SMILES string of the molecule is CCCCc1ccc(Nc2ncnc(Nc3ccccc3F)c2[N+](=O)[O-])cc1. The maximum absolute atomic E-state index is 13.9. The van der Waals surface area contributed by atoms with E-state index in [1.807, 2.05) is 24.3 Å². The van der Waals surface area contributed by atoms with Gasteiger partial charge in [-0.15, -0.1) is 0 Å². The van der Waals surface area contributed by atoms with Gasteiger partial charge in [-0.2, -0.15) is 0 Å². The number of hydrogen-bond acceptors (Lipinski definition) is 6. The van der Waals surface area contributed by atoms with E-state index in [0.717, 1.165) is 19.3 Å². The fraction of sp³-hybridized carbons (Fsp3) is 0.200. The summed E-state index contributed by atoms with van der Waals surface area (Å²) in [5.41, 5.74) is 1.60. The van der Waals surface area contributed by atoms with Gasteiger partial charge in [0.1, 0.15) is 12.1 Å². The Hall–Kier alpha value is -3.55. The van der Waals surface area contributed by atoms with Gasteiger partial charge < -0.3 is 10.6 Å². The number of nitrogens with one attached hydrogen (secondary N) is 2. The Kier molecular flexibility index (Phi) is 6.11. The van der Waals surface area contributed by atoms with Crippen LogP contribution in [0, 0.1) is 15.9 Å². The molecule has 0 saturated carbocycles. The predicted molar refractivity (Wildman–Crippen MR) is 107 cm³/mol. The molecule has 0 saturated heterocycles. The Morgan fingerprint density at radius 2 is 1.71 bits per heavy atom. The molecule has 0 bridgehead atoms. The van der Waals surface area contributed by atoms with Crippen LogP contribution in [0.5, 0.6) is 0 Å². The lowest BCUT2D eigenvalue weighted by molar-refractivity contribution is -0.383. The number of halogens is 1. The van der Waals surface area contributed by atoms with Gasteiger partial charge in [-0.3, -0.25) is 10.1 Å². The minimum absolute atomic E-state index is 0.0279. The molecule has 0 unspecified atom stereocenters. The van der Waals surface area contributed by atoms with Crippen LogP contribution in [0.3, 0.4) is 0 Å². The summed E-state index contributed by atoms with van der Waals surface area (Å²) in [5.74, 6) is -0.597. The molecule has 3 rings (SSSR count). The van der Waals surface area contributed by atoms with Crippen LogP contribution in [0.4, 0.5) is 33.1 Å². The van der Waals surface area contributed by atoms with E-state index in [9.17, 15) is 14.5 Å². The second-order valence-electron chi connectivity index (χ2n) is 6.21. The summed E-state index contributed by atoms with van der Waals surface area (Å²) >= 11 is 0. The van der Waals surface area contributed by atoms with E-state index in [4.69, 9.17) is 0 Å². The average molecular weight is 381 g/mol. The Morgan fingerprint density at radius 1 is 1.04 bits per heavy atom. The van der Waals surface area contributed by atoms with Crippen LogP contribution >= 0.6 is 0 Å². The van der Waals surface area contributed by atoms with Gasteiger partial charge in [0.2, 0.25) is 11.6 Å². The lowest BCUT2D eigenvalue weighted by Gasteiger charge is -2.11. The normalized spacial score (nSPS) is 10.5. The van der Waals surface area contributed by atoms with Crippen LogP contribution in [-0.2, 0) is 6.42 Å². The van der Waals surface area contributed by atoms with Crippen molar-refractivity contribution in [3.8, 4) is 0 Å². The monoisotopic (exact) mass is 381 g/mol. The first kappa shape index (κ1) is 19.2. The summed E-state index contributed by atoms with van der Waals surface area (Å²) in [4.78, 5) is 18.9. The van der Waals surface area contributed by atoms with Crippen molar-refractivity contribution in [1.82, 2.24) is 9.97 Å². The first-order chi connectivity index (χ1) is 13.6. The van der Waals surface area contributed by atoms with Crippen LogP contribution in [0.2, 0.25) is 0 Å². The van der Waals surface area contributed by atoms with Crippen molar-refractivity contribution in [2.45, 2.75) is 26.2 Å². The van der Waals surface area contributed by atoms with Crippen LogP contribution < -0.4 is 10.6 Å². The number of aryl methyl sites for hydroxylation is 1. The average Bonchev–Trinajstić information content (AvgIpc) is 2.69. The number of nitro groups is 1. The number of aromatic nitrogens is 2. The third-order valence-electron chi connectivity index (χ3n) is 4.17. The number of hydrogen-bond donors (Lipinski definition) is 2. The van der Waals surface area contributed by atoms with Gasteiger partial charge in [-0.1, -0.05) is 37.6 Å². The van der Waals surface area contributed by atoms with Gasteiger partial charge in [-0.25, -0.2) is 14.4 Å². The Balaban J connectivity index is 1.87. The molecule has 144 valence electrons. The molecular formula is C20H20FN5O2. The van der Waals surface area contributed by atoms with Crippen LogP contribution in [-0.4, -0.2) is 14.9 Å². The van der Waals surface area contributed by atoms with Crippen LogP contribution in [0.15, 0.2) is 54.9 Å². The molecule has 2 aromatic carbocycles. The molecule has 3 aromatic rings. The number of benzene rings is 2. The molecule has 0 aliphatic rings. The molecular weight excluding hydrogens is 361 g/mol. The smallest absolute Gasteiger partial charge is 0.334 e. The topological polar surface area (TPSA) is 93.0 Å². The Morgan fingerprint density at radius 3 is 2.36 bits per heavy atom. The lowest BCUT2D eigenvalue weighted by atomic mass is 10.1. The molecule has 0 amide bonds. The first-order valence-electron chi connectivity index (χ1n) is 8.95. The maximum Gasteiger partial charge on any atom is 0.353 e. The van der Waals surface area contributed by atoms with Crippen molar-refractivity contribution < 1.29 is 9.31 Å². The minimum atomic E-state index is -0.596. The highest BCUT2D eigenvalue weighted by Gasteiger charge is 2.24. The molecule has 0 atom stereocenters. The summed E-state index contributed by atoms with van der Waals surface area (Å²) in [7, 11) is 0. The fourth-order valence-electron chi connectivity index (χ4n) is 2.70. The molecule has 0 spiro atoms. The van der Waals surface area contributed by atoms with Crippen molar-refractivity contribution in [2.24, 2.45) is 0 Å². The van der Waals surface area contributed by atoms with Crippen molar-refractivity contribution >= 4 is 28.7 Å². The number of unbranched alkanes of at least 4 members (excludes halogenated alkanes) is 1. The molecule has 1 heterocycles. The lowest BCUT2D eigenvalue weighted by Crippen LogP contribution is -2.06. The van der Waals surface area contributed by atoms with E-state index in [0.29, 0.717) is 5.69 Å². The van der Waals surface area contributed by atoms with Gasteiger partial charge in [0, 0.05) is 5.69 Å². The minimum Gasteiger partial charge on any atom is -0.334 e. The van der Waals surface area contributed by atoms with Gasteiger partial charge in [0.25, 0.3) is 0 Å². The number of nitrogens with zero attached hydrogens (tertiary/aromatic N) is 3. The van der Waals surface area contributed by atoms with E-state index >= 15 is 0 Å². The van der Waals surface area contributed by atoms with Gasteiger partial charge in [0.15, 0.2) is 0 Å². The zero-order chi connectivity index (χ0) is 19.9. The molecule has 0 aliphatic heterocycles. The quantitative estimate of drug-likeness (QED) is 0.403. The molecule has 7 nitrogen and oxygen atoms in total. The number of para-hydroxylation sites is 1. The van der Waals surface area contributed by atoms with Crippen molar-refractivity contribution in [3.05, 3.63) is 76.4 Å². The highest BCUT2D eigenvalue weighted by molar-refractivity contribution is 5.76. The van der Waals surface area contributed by atoms with Gasteiger partial charge in [-0.05, 0) is 42.7 Å². The highest BCUT2D eigenvalue weighted by Crippen LogP contribution is 2.33. The van der Waals surface area contributed by atoms with Gasteiger partial charge >= 0.3 is 5.69 Å². The molecule has 1 aromatic heterocycles. The van der Waals surface area contributed by atoms with Crippen molar-refractivity contribution in [2.75, 3.05) is 10.6 Å². The zero-order valence-electron chi connectivity index (χ0n) is 15.4. The van der Waals surface area contributed by atoms with Crippen LogP contribution in [0.25, 0.3) is 0 Å². The first-order valence-corrected chi connectivity index (χ1v) is 8.95. The summed E-state index contributed by atoms with van der Waals surface area (Å²) in [6.07, 6.45) is 4.40. The molecule has 0 aliphatic carbocycles. The summed E-state index contributed by atoms with van der Waals surface area (Å²) in [6.45, 7) is 2.14. The van der Waals surface area contributed by atoms with E-state index in [2.05, 4.69) is 27.5 Å². The summed E-state index contributed by atoms with van der Waals surface area (Å²) in [5, 5.41) is 17.3. The van der Waals surface area contributed by atoms with Crippen molar-refractivity contribution in [1.29, 1.82) is 0 Å². The number of anilines is 4. The third kappa shape index (κ3) is 4.59. The summed E-state index contributed by atoms with van der Waals surface area (Å²) in [6, 6.07) is 13.5. The standard InChI is InChI=1S/C20H20FN5O2/c1-2-3-6-14-9-11-15(12-10-14)24-19-18(26(27)28)20(23-13-22-19)25-17-8-5-4-7-16(17)21/h4-5,7-13H,2-3,6H2,1H3,(H2,22,23,24,25). The molecule has 28 heavy (non-hydrogen) atoms. The van der Waals surface area contributed by atoms with Gasteiger partial charge in [0.05, 0.1) is 10.6 Å². The zero-order valence-corrected chi connectivity index (χ0v) is 15.4. The molecule has 8 heteroatoms. The Labute approximate surface area is 161 Å². The largest absolute Gasteiger partial charge is 0.353 e. The van der Waals surface area contributed by atoms with Crippen LogP contribution in [0.1, 0.15) is 25.3 Å². The van der Waals surface area contributed by atoms with E-state index < -0.39 is 10.7 Å². The van der Waals surface area contributed by atoms with Crippen molar-refractivity contribution in [3.63, 3.8) is 0 Å². The third-order valence-corrected chi connectivity index (χ3v) is 4.17. The molecule has 0 fully saturated rings. The van der Waals surface area contributed by atoms with E-state index in [1.54, 1.807) is 6.07 Å². The van der Waals surface area contributed by atoms with E-state index in [-0.39, 0.29) is 23.0 Å². The maximum atomic E-state index is 13.9. The highest BCUT2D eigenvalue weighted by atomic mass is 19.1. The number of rotatable bonds is 8. The van der Waals surface area contributed by atoms with E-state index in [1.165, 1.54) is 30.1 Å². The molecule has 0 radical (unpaired) electrons. The second-order valence-corrected chi connectivity index (χ2v) is 6.21. The summed E-state index contributed by atoms with van der Waals surface area (Å²) < 4.78 is 13.9. The fourth-order valence-corrected chi connectivity index (χ4v) is 2.70. The Bertz CT molecular complexity index is 963. The second kappa shape index (κ2) is 8.90. The predicted octanol–water partition coefficient (Wildman–Crippen LogP) is 5.35.